The quantitative estimate of drug-likeness (QED) is 0.668. The van der Waals surface area contributed by atoms with E-state index in [-0.39, 0.29) is 5.43 Å². The second kappa shape index (κ2) is 6.10. The zero-order valence-corrected chi connectivity index (χ0v) is 14.7. The van der Waals surface area contributed by atoms with Crippen molar-refractivity contribution in [2.75, 3.05) is 0 Å². The highest BCUT2D eigenvalue weighted by molar-refractivity contribution is 5.82. The zero-order valence-electron chi connectivity index (χ0n) is 14.7. The van der Waals surface area contributed by atoms with Crippen LogP contribution in [0.25, 0.3) is 10.9 Å². The normalized spacial score (nSPS) is 17.4. The molecule has 1 aliphatic rings. The van der Waals surface area contributed by atoms with Gasteiger partial charge in [0.1, 0.15) is 6.04 Å². The summed E-state index contributed by atoms with van der Waals surface area (Å²) in [5.41, 5.74) is 5.24. The molecular weight excluding hydrogens is 332 g/mol. The molecule has 0 amide bonds. The Morgan fingerprint density at radius 2 is 2.15 bits per heavy atom. The molecule has 4 rings (SSSR count). The van der Waals surface area contributed by atoms with E-state index in [4.69, 9.17) is 0 Å². The lowest BCUT2D eigenvalue weighted by molar-refractivity contribution is -0.144. The third-order valence-corrected chi connectivity index (χ3v) is 4.99. The van der Waals surface area contributed by atoms with Crippen molar-refractivity contribution < 1.29 is 9.90 Å². The number of imidazole rings is 1. The van der Waals surface area contributed by atoms with Gasteiger partial charge in [-0.2, -0.15) is 0 Å². The van der Waals surface area contributed by atoms with Crippen molar-refractivity contribution in [3.63, 3.8) is 0 Å². The predicted octanol–water partition coefficient (Wildman–Crippen LogP) is 1.88. The first-order valence-electron chi connectivity index (χ1n) is 8.53. The Balaban J connectivity index is 1.72. The van der Waals surface area contributed by atoms with Crippen LogP contribution in [0.2, 0.25) is 0 Å². The second-order valence-corrected chi connectivity index (χ2v) is 6.95. The number of H-pyrrole nitrogens is 2. The average molecular weight is 352 g/mol. The monoisotopic (exact) mass is 352 g/mol. The summed E-state index contributed by atoms with van der Waals surface area (Å²) in [6.07, 6.45) is 1.95. The van der Waals surface area contributed by atoms with Crippen molar-refractivity contribution in [1.29, 1.82) is 0 Å². The van der Waals surface area contributed by atoms with Crippen molar-refractivity contribution in [2.45, 2.75) is 39.4 Å². The molecule has 0 radical (unpaired) electrons. The number of nitrogens with zero attached hydrogens (tertiary/aromatic N) is 2. The van der Waals surface area contributed by atoms with Crippen LogP contribution < -0.4 is 5.43 Å². The number of carbonyl (C=O) groups is 1. The molecule has 26 heavy (non-hydrogen) atoms. The van der Waals surface area contributed by atoms with Crippen molar-refractivity contribution in [3.05, 3.63) is 63.0 Å². The molecule has 1 aliphatic heterocycles. The maximum absolute atomic E-state index is 12.5. The summed E-state index contributed by atoms with van der Waals surface area (Å²) in [7, 11) is 0. The first kappa shape index (κ1) is 16.5. The van der Waals surface area contributed by atoms with Crippen LogP contribution in [0, 0.1) is 13.8 Å². The number of rotatable bonds is 3. The van der Waals surface area contributed by atoms with E-state index in [0.717, 1.165) is 28.0 Å². The van der Waals surface area contributed by atoms with Crippen molar-refractivity contribution >= 4 is 16.9 Å². The minimum atomic E-state index is -0.881. The lowest BCUT2D eigenvalue weighted by Crippen LogP contribution is -2.45. The fraction of sp³-hybridized carbons (Fsp3) is 0.316. The summed E-state index contributed by atoms with van der Waals surface area (Å²) in [6, 6.07) is 4.81. The van der Waals surface area contributed by atoms with Gasteiger partial charge in [0.05, 0.1) is 23.2 Å². The molecule has 3 aromatic rings. The summed E-state index contributed by atoms with van der Waals surface area (Å²) < 4.78 is 0. The van der Waals surface area contributed by atoms with Crippen molar-refractivity contribution in [1.82, 2.24) is 19.9 Å². The number of hydrogen-bond acceptors (Lipinski definition) is 4. The largest absolute Gasteiger partial charge is 0.480 e. The molecule has 0 bridgehead atoms. The lowest BCUT2D eigenvalue weighted by Gasteiger charge is -2.32. The molecule has 2 aromatic heterocycles. The molecule has 3 N–H and O–H groups in total. The second-order valence-electron chi connectivity index (χ2n) is 6.95. The van der Waals surface area contributed by atoms with Crippen LogP contribution in [0.15, 0.2) is 29.3 Å². The van der Waals surface area contributed by atoms with E-state index in [9.17, 15) is 14.7 Å². The van der Waals surface area contributed by atoms with Gasteiger partial charge in [0.25, 0.3) is 0 Å². The molecule has 7 heteroatoms. The maximum Gasteiger partial charge on any atom is 0.321 e. The van der Waals surface area contributed by atoms with Gasteiger partial charge in [-0.1, -0.05) is 6.07 Å². The topological polar surface area (TPSA) is 102 Å². The van der Waals surface area contributed by atoms with Crippen molar-refractivity contribution in [3.8, 4) is 0 Å². The van der Waals surface area contributed by atoms with E-state index < -0.39 is 12.0 Å². The Kier molecular flexibility index (Phi) is 3.88. The molecule has 1 aromatic carbocycles. The number of aryl methyl sites for hydroxylation is 2. The number of benzene rings is 1. The highest BCUT2D eigenvalue weighted by Crippen LogP contribution is 2.23. The fourth-order valence-corrected chi connectivity index (χ4v) is 3.76. The van der Waals surface area contributed by atoms with E-state index >= 15 is 0 Å². The standard InChI is InChI=1S/C19H20N4O3/c1-10-3-11(2)18-13(4-10)17(24)5-12(22-18)7-23-8-15-14(20-9-21-15)6-16(23)19(25)26/h3-5,9,16H,6-8H2,1-2H3,(H,20,21)(H,22,24)(H,25,26)/t16-/m0/s1. The van der Waals surface area contributed by atoms with Crippen LogP contribution in [0.4, 0.5) is 0 Å². The molecule has 0 unspecified atom stereocenters. The number of nitrogens with one attached hydrogen (secondary N) is 2. The number of hydrogen-bond donors (Lipinski definition) is 3. The van der Waals surface area contributed by atoms with Gasteiger partial charge in [-0.05, 0) is 31.0 Å². The molecule has 0 spiro atoms. The van der Waals surface area contributed by atoms with Crippen LogP contribution in [-0.4, -0.2) is 37.0 Å². The third kappa shape index (κ3) is 2.80. The number of carboxylic acids is 1. The third-order valence-electron chi connectivity index (χ3n) is 4.99. The molecule has 1 atom stereocenters. The van der Waals surface area contributed by atoms with Gasteiger partial charge in [0.2, 0.25) is 0 Å². The Morgan fingerprint density at radius 3 is 2.92 bits per heavy atom. The van der Waals surface area contributed by atoms with Gasteiger partial charge in [0.15, 0.2) is 5.43 Å². The molecule has 0 saturated carbocycles. The van der Waals surface area contributed by atoms with Gasteiger partial charge in [-0.25, -0.2) is 4.98 Å². The number of carboxylic acid groups (broad SMARTS) is 1. The summed E-state index contributed by atoms with van der Waals surface area (Å²) in [4.78, 5) is 36.7. The van der Waals surface area contributed by atoms with Crippen LogP contribution >= 0.6 is 0 Å². The lowest BCUT2D eigenvalue weighted by atomic mass is 10.0. The van der Waals surface area contributed by atoms with E-state index in [2.05, 4.69) is 15.0 Å². The van der Waals surface area contributed by atoms with Crippen LogP contribution in [0.5, 0.6) is 0 Å². The van der Waals surface area contributed by atoms with E-state index in [1.165, 1.54) is 0 Å². The SMILES string of the molecule is Cc1cc(C)c2[nH]c(CN3Cc4[nH]cnc4C[C@H]3C(=O)O)cc(=O)c2c1. The van der Waals surface area contributed by atoms with E-state index in [0.29, 0.717) is 30.6 Å². The Morgan fingerprint density at radius 1 is 1.35 bits per heavy atom. The van der Waals surface area contributed by atoms with Gasteiger partial charge in [-0.15, -0.1) is 0 Å². The smallest absolute Gasteiger partial charge is 0.321 e. The minimum Gasteiger partial charge on any atom is -0.480 e. The molecule has 134 valence electrons. The minimum absolute atomic E-state index is 0.0494. The molecule has 3 heterocycles. The number of aromatic amines is 2. The van der Waals surface area contributed by atoms with Gasteiger partial charge >= 0.3 is 5.97 Å². The van der Waals surface area contributed by atoms with Crippen LogP contribution in [-0.2, 0) is 24.3 Å². The molecule has 0 fully saturated rings. The highest BCUT2D eigenvalue weighted by atomic mass is 16.4. The molecule has 0 aliphatic carbocycles. The number of pyridine rings is 1. The van der Waals surface area contributed by atoms with E-state index in [1.807, 2.05) is 30.9 Å². The summed E-state index contributed by atoms with van der Waals surface area (Å²) in [5.74, 6) is -0.881. The number of fused-ring (bicyclic) bond motifs is 2. The predicted molar refractivity (Wildman–Crippen MR) is 97.0 cm³/mol. The Bertz CT molecular complexity index is 1070. The van der Waals surface area contributed by atoms with Gasteiger partial charge in [-0.3, -0.25) is 14.5 Å². The van der Waals surface area contributed by atoms with E-state index in [1.54, 1.807) is 12.4 Å². The summed E-state index contributed by atoms with van der Waals surface area (Å²) in [5, 5.41) is 10.3. The summed E-state index contributed by atoms with van der Waals surface area (Å²) >= 11 is 0. The fourth-order valence-electron chi connectivity index (χ4n) is 3.76. The maximum atomic E-state index is 12.5. The Labute approximate surface area is 149 Å². The highest BCUT2D eigenvalue weighted by Gasteiger charge is 2.33. The van der Waals surface area contributed by atoms with Gasteiger partial charge in [0, 0.05) is 36.7 Å². The molecular formula is C19H20N4O3. The number of aliphatic carboxylic acids is 1. The molecule has 0 saturated heterocycles. The average Bonchev–Trinajstić information content (AvgIpc) is 3.02. The summed E-state index contributed by atoms with van der Waals surface area (Å²) in [6.45, 7) is 4.74. The number of aromatic nitrogens is 3. The van der Waals surface area contributed by atoms with Crippen LogP contribution in [0.3, 0.4) is 0 Å². The first-order valence-corrected chi connectivity index (χ1v) is 8.53. The Hall–Kier alpha value is -2.93. The first-order chi connectivity index (χ1) is 12.4. The molecule has 7 nitrogen and oxygen atoms in total. The van der Waals surface area contributed by atoms with Crippen LogP contribution in [0.1, 0.15) is 28.2 Å². The van der Waals surface area contributed by atoms with Gasteiger partial charge < -0.3 is 15.1 Å². The zero-order chi connectivity index (χ0) is 18.4. The van der Waals surface area contributed by atoms with Crippen molar-refractivity contribution in [2.24, 2.45) is 0 Å².